The lowest BCUT2D eigenvalue weighted by atomic mass is 10.3. The van der Waals surface area contributed by atoms with Crippen LogP contribution in [-0.4, -0.2) is 36.6 Å². The van der Waals surface area contributed by atoms with Gasteiger partial charge in [-0.15, -0.1) is 0 Å². The summed E-state index contributed by atoms with van der Waals surface area (Å²) < 4.78 is 10.2. The number of phenolic OH excluding ortho intramolecular Hbond substituents is 1. The van der Waals surface area contributed by atoms with Gasteiger partial charge in [-0.1, -0.05) is 12.1 Å². The quantitative estimate of drug-likeness (QED) is 0.663. The van der Waals surface area contributed by atoms with Gasteiger partial charge in [0, 0.05) is 0 Å². The summed E-state index contributed by atoms with van der Waals surface area (Å²) in [6.07, 6.45) is 0. The highest BCUT2D eigenvalue weighted by Crippen LogP contribution is 2.23. The van der Waals surface area contributed by atoms with Crippen molar-refractivity contribution in [2.45, 2.75) is 0 Å². The van der Waals surface area contributed by atoms with Gasteiger partial charge in [-0.25, -0.2) is 0 Å². The van der Waals surface area contributed by atoms with Gasteiger partial charge in [-0.2, -0.15) is 0 Å². The lowest BCUT2D eigenvalue weighted by Crippen LogP contribution is -2.09. The molecule has 0 saturated heterocycles. The van der Waals surface area contributed by atoms with Crippen LogP contribution in [0, 0.1) is 0 Å². The molecule has 0 spiro atoms. The van der Waals surface area contributed by atoms with Crippen molar-refractivity contribution >= 4 is 0 Å². The number of para-hydroxylation sites is 2. The molecule has 4 heteroatoms. The molecule has 1 rings (SSSR count). The number of phenols is 1. The van der Waals surface area contributed by atoms with E-state index in [1.807, 2.05) is 0 Å². The van der Waals surface area contributed by atoms with Gasteiger partial charge < -0.3 is 19.7 Å². The average Bonchev–Trinajstić information content (AvgIpc) is 2.20. The summed E-state index contributed by atoms with van der Waals surface area (Å²) in [5, 5.41) is 17.7. The molecule has 0 atom stereocenters. The Labute approximate surface area is 82.7 Å². The predicted molar refractivity (Wildman–Crippen MR) is 51.5 cm³/mol. The average molecular weight is 198 g/mol. The molecule has 0 saturated carbocycles. The van der Waals surface area contributed by atoms with Crippen LogP contribution in [0.4, 0.5) is 0 Å². The number of rotatable bonds is 6. The van der Waals surface area contributed by atoms with Crippen LogP contribution in [0.2, 0.25) is 0 Å². The topological polar surface area (TPSA) is 58.9 Å². The number of hydrogen-bond donors (Lipinski definition) is 2. The van der Waals surface area contributed by atoms with E-state index >= 15 is 0 Å². The molecule has 1 aromatic rings. The van der Waals surface area contributed by atoms with Gasteiger partial charge in [-0.3, -0.25) is 0 Å². The van der Waals surface area contributed by atoms with E-state index in [-0.39, 0.29) is 12.4 Å². The Balaban J connectivity index is 2.21. The second-order valence-corrected chi connectivity index (χ2v) is 2.65. The SMILES string of the molecule is OCCOCCOc1ccccc1O. The van der Waals surface area contributed by atoms with Gasteiger partial charge in [0.1, 0.15) is 6.61 Å². The minimum Gasteiger partial charge on any atom is -0.504 e. The highest BCUT2D eigenvalue weighted by molar-refractivity contribution is 5.37. The Morgan fingerprint density at radius 2 is 1.86 bits per heavy atom. The minimum atomic E-state index is 0.0105. The summed E-state index contributed by atoms with van der Waals surface area (Å²) in [6.45, 7) is 1.08. The van der Waals surface area contributed by atoms with Gasteiger partial charge in [0.25, 0.3) is 0 Å². The van der Waals surface area contributed by atoms with E-state index < -0.39 is 0 Å². The van der Waals surface area contributed by atoms with E-state index in [0.29, 0.717) is 25.6 Å². The predicted octanol–water partition coefficient (Wildman–Crippen LogP) is 0.780. The Morgan fingerprint density at radius 1 is 1.07 bits per heavy atom. The van der Waals surface area contributed by atoms with Crippen LogP contribution in [0.5, 0.6) is 11.5 Å². The largest absolute Gasteiger partial charge is 0.504 e. The fraction of sp³-hybridized carbons (Fsp3) is 0.400. The van der Waals surface area contributed by atoms with Crippen LogP contribution >= 0.6 is 0 Å². The summed E-state index contributed by atoms with van der Waals surface area (Å²) in [6, 6.07) is 6.75. The molecule has 0 bridgehead atoms. The minimum absolute atomic E-state index is 0.0105. The molecule has 2 N–H and O–H groups in total. The molecule has 78 valence electrons. The molecule has 14 heavy (non-hydrogen) atoms. The normalized spacial score (nSPS) is 10.1. The van der Waals surface area contributed by atoms with Gasteiger partial charge in [-0.05, 0) is 12.1 Å². The van der Waals surface area contributed by atoms with Crippen molar-refractivity contribution in [1.29, 1.82) is 0 Å². The number of hydrogen-bond acceptors (Lipinski definition) is 4. The van der Waals surface area contributed by atoms with E-state index in [0.717, 1.165) is 0 Å². The molecule has 4 nitrogen and oxygen atoms in total. The molecular weight excluding hydrogens is 184 g/mol. The second kappa shape index (κ2) is 6.23. The van der Waals surface area contributed by atoms with Crippen molar-refractivity contribution in [3.05, 3.63) is 24.3 Å². The Kier molecular flexibility index (Phi) is 4.82. The third-order valence-corrected chi connectivity index (χ3v) is 1.59. The Bertz CT molecular complexity index is 262. The summed E-state index contributed by atoms with van der Waals surface area (Å²) >= 11 is 0. The first-order valence-electron chi connectivity index (χ1n) is 4.44. The Morgan fingerprint density at radius 3 is 2.57 bits per heavy atom. The maximum absolute atomic E-state index is 9.31. The van der Waals surface area contributed by atoms with E-state index in [9.17, 15) is 5.11 Å². The van der Waals surface area contributed by atoms with Crippen LogP contribution in [0.1, 0.15) is 0 Å². The zero-order chi connectivity index (χ0) is 10.2. The second-order valence-electron chi connectivity index (χ2n) is 2.65. The third kappa shape index (κ3) is 3.64. The van der Waals surface area contributed by atoms with Crippen LogP contribution in [0.15, 0.2) is 24.3 Å². The summed E-state index contributed by atoms with van der Waals surface area (Å²) in [4.78, 5) is 0. The number of ether oxygens (including phenoxy) is 2. The first-order chi connectivity index (χ1) is 6.84. The zero-order valence-corrected chi connectivity index (χ0v) is 7.85. The zero-order valence-electron chi connectivity index (χ0n) is 7.85. The number of aliphatic hydroxyl groups is 1. The highest BCUT2D eigenvalue weighted by atomic mass is 16.5. The summed E-state index contributed by atoms with van der Waals surface area (Å²) in [7, 11) is 0. The van der Waals surface area contributed by atoms with E-state index in [1.165, 1.54) is 0 Å². The summed E-state index contributed by atoms with van der Waals surface area (Å²) in [5.74, 6) is 0.565. The molecule has 0 amide bonds. The first kappa shape index (κ1) is 10.8. The molecule has 0 aromatic heterocycles. The maximum Gasteiger partial charge on any atom is 0.161 e. The molecule has 0 fully saturated rings. The molecule has 0 unspecified atom stereocenters. The summed E-state index contributed by atoms with van der Waals surface area (Å²) in [5.41, 5.74) is 0. The number of aromatic hydroxyl groups is 1. The molecule has 0 aliphatic heterocycles. The molecule has 0 radical (unpaired) electrons. The number of aliphatic hydroxyl groups excluding tert-OH is 1. The van der Waals surface area contributed by atoms with Crippen LogP contribution < -0.4 is 4.74 Å². The lowest BCUT2D eigenvalue weighted by Gasteiger charge is -2.07. The standard InChI is InChI=1S/C10H14O4/c11-5-6-13-7-8-14-10-4-2-1-3-9(10)12/h1-4,11-12H,5-8H2. The number of benzene rings is 1. The van der Waals surface area contributed by atoms with Crippen LogP contribution in [-0.2, 0) is 4.74 Å². The van der Waals surface area contributed by atoms with Gasteiger partial charge in [0.15, 0.2) is 11.5 Å². The molecule has 0 heterocycles. The molecule has 1 aromatic carbocycles. The monoisotopic (exact) mass is 198 g/mol. The van der Waals surface area contributed by atoms with Gasteiger partial charge in [0.2, 0.25) is 0 Å². The van der Waals surface area contributed by atoms with Crippen molar-refractivity contribution in [1.82, 2.24) is 0 Å². The highest BCUT2D eigenvalue weighted by Gasteiger charge is 1.98. The molecule has 0 aliphatic rings. The van der Waals surface area contributed by atoms with Crippen LogP contribution in [0.3, 0.4) is 0 Å². The van der Waals surface area contributed by atoms with Crippen molar-refractivity contribution in [2.75, 3.05) is 26.4 Å². The van der Waals surface area contributed by atoms with E-state index in [4.69, 9.17) is 14.6 Å². The smallest absolute Gasteiger partial charge is 0.161 e. The van der Waals surface area contributed by atoms with Crippen molar-refractivity contribution < 1.29 is 19.7 Å². The van der Waals surface area contributed by atoms with E-state index in [1.54, 1.807) is 24.3 Å². The van der Waals surface area contributed by atoms with Crippen LogP contribution in [0.25, 0.3) is 0 Å². The van der Waals surface area contributed by atoms with E-state index in [2.05, 4.69) is 0 Å². The van der Waals surface area contributed by atoms with Gasteiger partial charge in [0.05, 0.1) is 19.8 Å². The Hall–Kier alpha value is -1.26. The molecular formula is C10H14O4. The lowest BCUT2D eigenvalue weighted by molar-refractivity contribution is 0.0699. The fourth-order valence-corrected chi connectivity index (χ4v) is 0.956. The van der Waals surface area contributed by atoms with Crippen molar-refractivity contribution in [2.24, 2.45) is 0 Å². The third-order valence-electron chi connectivity index (χ3n) is 1.59. The fourth-order valence-electron chi connectivity index (χ4n) is 0.956. The first-order valence-corrected chi connectivity index (χ1v) is 4.44. The molecule has 0 aliphatic carbocycles. The maximum atomic E-state index is 9.31. The van der Waals surface area contributed by atoms with Crippen molar-refractivity contribution in [3.8, 4) is 11.5 Å². The van der Waals surface area contributed by atoms with Gasteiger partial charge >= 0.3 is 0 Å². The van der Waals surface area contributed by atoms with Crippen molar-refractivity contribution in [3.63, 3.8) is 0 Å².